The zero-order valence-electron chi connectivity index (χ0n) is 6.37. The molecule has 0 saturated heterocycles. The van der Waals surface area contributed by atoms with Crippen LogP contribution in [0.25, 0.3) is 0 Å². The Hall–Kier alpha value is -1.31. The highest BCUT2D eigenvalue weighted by Crippen LogP contribution is 2.13. The lowest BCUT2D eigenvalue weighted by molar-refractivity contribution is -0.117. The fraction of sp³-hybridized carbons (Fsp3) is 0.222. The Kier molecular flexibility index (Phi) is 2.26. The predicted octanol–water partition coefficient (Wildman–Crippen LogP) is 1.90. The molecule has 11 heavy (non-hydrogen) atoms. The van der Waals surface area contributed by atoms with Gasteiger partial charge in [-0.25, -0.2) is 0 Å². The highest BCUT2D eigenvalue weighted by Gasteiger charge is 2.11. The first-order valence-corrected chi connectivity index (χ1v) is 3.49. The summed E-state index contributed by atoms with van der Waals surface area (Å²) in [5, 5.41) is 8.91. The number of hydrogen-bond acceptors (Lipinski definition) is 2. The molecule has 1 aliphatic rings. The van der Waals surface area contributed by atoms with E-state index >= 15 is 0 Å². The average Bonchev–Trinajstić information content (AvgIpc) is 1.98. The first kappa shape index (κ1) is 7.79. The predicted molar refractivity (Wildman–Crippen MR) is 43.2 cm³/mol. The van der Waals surface area contributed by atoms with Crippen molar-refractivity contribution in [1.29, 1.82) is 0 Å². The van der Waals surface area contributed by atoms with Gasteiger partial charge in [0.15, 0.2) is 5.76 Å². The monoisotopic (exact) mass is 150 g/mol. The summed E-state index contributed by atoms with van der Waals surface area (Å²) in [4.78, 5) is 10.9. The van der Waals surface area contributed by atoms with Gasteiger partial charge in [-0.05, 0) is 18.6 Å². The highest BCUT2D eigenvalue weighted by atomic mass is 16.3. The molecule has 0 bridgehead atoms. The molecule has 0 radical (unpaired) electrons. The molecule has 2 heteroatoms. The van der Waals surface area contributed by atoms with Crippen LogP contribution in [0.4, 0.5) is 0 Å². The molecule has 0 saturated carbocycles. The molecule has 0 aromatic rings. The van der Waals surface area contributed by atoms with E-state index in [2.05, 4.69) is 0 Å². The minimum atomic E-state index is -0.208. The molecule has 58 valence electrons. The Bertz CT molecular complexity index is 257. The largest absolute Gasteiger partial charge is 0.504 e. The molecule has 0 atom stereocenters. The molecule has 0 aromatic carbocycles. The van der Waals surface area contributed by atoms with Gasteiger partial charge in [-0.1, -0.05) is 18.2 Å². The van der Waals surface area contributed by atoms with Gasteiger partial charge in [-0.2, -0.15) is 0 Å². The summed E-state index contributed by atoms with van der Waals surface area (Å²) in [6.07, 6.45) is 7.22. The fourth-order valence-corrected chi connectivity index (χ4v) is 0.942. The normalized spacial score (nSPS) is 18.5. The first-order chi connectivity index (χ1) is 5.24. The van der Waals surface area contributed by atoms with E-state index in [1.807, 2.05) is 19.1 Å². The van der Waals surface area contributed by atoms with Gasteiger partial charge in [-0.15, -0.1) is 0 Å². The summed E-state index contributed by atoms with van der Waals surface area (Å²) < 4.78 is 0. The van der Waals surface area contributed by atoms with Gasteiger partial charge in [0.05, 0.1) is 0 Å². The number of carbonyl (C=O) groups is 1. The molecular weight excluding hydrogens is 140 g/mol. The Morgan fingerprint density at radius 2 is 2.27 bits per heavy atom. The van der Waals surface area contributed by atoms with Crippen molar-refractivity contribution in [3.63, 3.8) is 0 Å². The quantitative estimate of drug-likeness (QED) is 0.619. The average molecular weight is 150 g/mol. The fourth-order valence-electron chi connectivity index (χ4n) is 0.942. The molecule has 0 heterocycles. The van der Waals surface area contributed by atoms with Crippen LogP contribution in [0, 0.1) is 0 Å². The first-order valence-electron chi connectivity index (χ1n) is 3.49. The second-order valence-electron chi connectivity index (χ2n) is 2.39. The molecular formula is C9H10O2. The maximum atomic E-state index is 10.9. The van der Waals surface area contributed by atoms with Crippen molar-refractivity contribution in [3.05, 3.63) is 35.6 Å². The topological polar surface area (TPSA) is 37.3 Å². The molecule has 1 rings (SSSR count). The molecule has 0 amide bonds. The Balaban J connectivity index is 2.81. The third kappa shape index (κ3) is 1.80. The second kappa shape index (κ2) is 3.19. The van der Waals surface area contributed by atoms with Gasteiger partial charge in [0, 0.05) is 6.42 Å². The summed E-state index contributed by atoms with van der Waals surface area (Å²) in [6.45, 7) is 1.89. The van der Waals surface area contributed by atoms with E-state index in [0.29, 0.717) is 6.42 Å². The number of aliphatic hydroxyl groups is 1. The number of hydrogen-bond donors (Lipinski definition) is 1. The van der Waals surface area contributed by atoms with Crippen molar-refractivity contribution in [3.8, 4) is 0 Å². The van der Waals surface area contributed by atoms with Crippen molar-refractivity contribution >= 4 is 5.78 Å². The van der Waals surface area contributed by atoms with E-state index in [4.69, 9.17) is 5.11 Å². The maximum absolute atomic E-state index is 10.9. The van der Waals surface area contributed by atoms with Crippen molar-refractivity contribution in [1.82, 2.24) is 0 Å². The third-order valence-electron chi connectivity index (χ3n) is 1.49. The van der Waals surface area contributed by atoms with Crippen molar-refractivity contribution in [2.24, 2.45) is 0 Å². The van der Waals surface area contributed by atoms with Crippen molar-refractivity contribution in [2.45, 2.75) is 13.3 Å². The van der Waals surface area contributed by atoms with Crippen LogP contribution in [0.5, 0.6) is 0 Å². The van der Waals surface area contributed by atoms with Gasteiger partial charge in [0.1, 0.15) is 0 Å². The zero-order valence-corrected chi connectivity index (χ0v) is 6.37. The van der Waals surface area contributed by atoms with Crippen LogP contribution >= 0.6 is 0 Å². The van der Waals surface area contributed by atoms with Crippen LogP contribution < -0.4 is 0 Å². The van der Waals surface area contributed by atoms with E-state index in [0.717, 1.165) is 5.57 Å². The van der Waals surface area contributed by atoms with Crippen LogP contribution in [-0.2, 0) is 4.79 Å². The van der Waals surface area contributed by atoms with Crippen molar-refractivity contribution < 1.29 is 9.90 Å². The summed E-state index contributed by atoms with van der Waals surface area (Å²) in [6, 6.07) is 0. The van der Waals surface area contributed by atoms with Gasteiger partial charge >= 0.3 is 0 Å². The van der Waals surface area contributed by atoms with Gasteiger partial charge < -0.3 is 5.11 Å². The molecule has 1 N–H and O–H groups in total. The van der Waals surface area contributed by atoms with Crippen LogP contribution in [-0.4, -0.2) is 10.9 Å². The number of carbonyl (C=O) groups excluding carboxylic acids is 1. The van der Waals surface area contributed by atoms with Gasteiger partial charge in [0.2, 0.25) is 5.78 Å². The number of allylic oxidation sites excluding steroid dienone is 6. The molecule has 2 nitrogen and oxygen atoms in total. The Morgan fingerprint density at radius 3 is 2.82 bits per heavy atom. The van der Waals surface area contributed by atoms with Crippen LogP contribution in [0.3, 0.4) is 0 Å². The molecule has 0 unspecified atom stereocenters. The number of aliphatic hydroxyl groups excluding tert-OH is 1. The minimum absolute atomic E-state index is 0.141. The summed E-state index contributed by atoms with van der Waals surface area (Å²) in [7, 11) is 0. The summed E-state index contributed by atoms with van der Waals surface area (Å²) in [5.41, 5.74) is 0.940. The molecule has 0 aliphatic heterocycles. The Labute approximate surface area is 65.5 Å². The molecule has 0 aromatic heterocycles. The minimum Gasteiger partial charge on any atom is -0.504 e. The summed E-state index contributed by atoms with van der Waals surface area (Å²) >= 11 is 0. The smallest absolute Gasteiger partial charge is 0.201 e. The third-order valence-corrected chi connectivity index (χ3v) is 1.49. The standard InChI is InChI=1S/C9H10O2/c1-2-3-7-4-5-8(10)9(11)6-7/h2-5,10H,6H2,1H3/b3-2+. The Morgan fingerprint density at radius 1 is 1.55 bits per heavy atom. The van der Waals surface area contributed by atoms with E-state index in [1.54, 1.807) is 6.08 Å². The zero-order chi connectivity index (χ0) is 8.27. The van der Waals surface area contributed by atoms with E-state index in [1.165, 1.54) is 6.08 Å². The van der Waals surface area contributed by atoms with Gasteiger partial charge in [-0.3, -0.25) is 4.79 Å². The number of Topliss-reactive ketones (excluding diaryl/α,β-unsaturated/α-hetero) is 1. The van der Waals surface area contributed by atoms with Crippen LogP contribution in [0.1, 0.15) is 13.3 Å². The lowest BCUT2D eigenvalue weighted by atomic mass is 10.0. The molecule has 1 aliphatic carbocycles. The SMILES string of the molecule is C/C=C/C1=CC=C(O)C(=O)C1. The maximum Gasteiger partial charge on any atom is 0.201 e. The van der Waals surface area contributed by atoms with E-state index in [9.17, 15) is 4.79 Å². The molecule has 0 fully saturated rings. The lowest BCUT2D eigenvalue weighted by Gasteiger charge is -2.05. The van der Waals surface area contributed by atoms with Crippen LogP contribution in [0.2, 0.25) is 0 Å². The number of rotatable bonds is 1. The van der Waals surface area contributed by atoms with Crippen LogP contribution in [0.15, 0.2) is 35.6 Å². The van der Waals surface area contributed by atoms with Gasteiger partial charge in [0.25, 0.3) is 0 Å². The van der Waals surface area contributed by atoms with E-state index in [-0.39, 0.29) is 11.5 Å². The van der Waals surface area contributed by atoms with Crippen molar-refractivity contribution in [2.75, 3.05) is 0 Å². The highest BCUT2D eigenvalue weighted by molar-refractivity contribution is 5.96. The second-order valence-corrected chi connectivity index (χ2v) is 2.39. The molecule has 0 spiro atoms. The lowest BCUT2D eigenvalue weighted by Crippen LogP contribution is -2.05. The van der Waals surface area contributed by atoms with E-state index < -0.39 is 0 Å². The summed E-state index contributed by atoms with van der Waals surface area (Å²) in [5.74, 6) is -0.348. The number of ketones is 1.